The summed E-state index contributed by atoms with van der Waals surface area (Å²) in [5.41, 5.74) is 1.47. The Kier molecular flexibility index (Phi) is 27.1. The van der Waals surface area contributed by atoms with Gasteiger partial charge in [0, 0.05) is 25.3 Å². The van der Waals surface area contributed by atoms with Crippen LogP contribution in [0.15, 0.2) is 60.7 Å². The zero-order chi connectivity index (χ0) is 19.9. The summed E-state index contributed by atoms with van der Waals surface area (Å²) >= 11 is 0. The monoisotopic (exact) mass is 348 g/mol. The van der Waals surface area contributed by atoms with Crippen molar-refractivity contribution in [1.82, 2.24) is 0 Å². The van der Waals surface area contributed by atoms with Crippen LogP contribution in [0.5, 0.6) is 0 Å². The predicted molar refractivity (Wildman–Crippen MR) is 109 cm³/mol. The standard InChI is InChI=1S/C13H10O.C3H8O2.3C2H6/c14-13(11-7-3-1-4-8-11)12-9-5-2-6-10-12;1-4-3-5-2;3*1-2/h1-10H;3H2,1-2H3;3*1-2H3. The van der Waals surface area contributed by atoms with Gasteiger partial charge in [0.05, 0.1) is 0 Å². The average Bonchev–Trinajstić information content (AvgIpc) is 2.74. The van der Waals surface area contributed by atoms with Gasteiger partial charge in [-0.05, 0) is 0 Å². The first kappa shape index (κ1) is 27.9. The number of rotatable bonds is 4. The van der Waals surface area contributed by atoms with E-state index in [0.717, 1.165) is 11.1 Å². The maximum absolute atomic E-state index is 11.8. The smallest absolute Gasteiger partial charge is 0.193 e. The van der Waals surface area contributed by atoms with Crippen LogP contribution in [-0.4, -0.2) is 26.8 Å². The van der Waals surface area contributed by atoms with Crippen LogP contribution < -0.4 is 0 Å². The van der Waals surface area contributed by atoms with E-state index in [4.69, 9.17) is 0 Å². The van der Waals surface area contributed by atoms with Gasteiger partial charge in [0.1, 0.15) is 6.79 Å². The molecule has 0 atom stereocenters. The first-order valence-electron chi connectivity index (χ1n) is 8.92. The number of methoxy groups -OCH3 is 2. The van der Waals surface area contributed by atoms with Crippen LogP contribution >= 0.6 is 0 Å². The van der Waals surface area contributed by atoms with Gasteiger partial charge in [-0.1, -0.05) is 102 Å². The molecule has 0 bridgehead atoms. The van der Waals surface area contributed by atoms with Crippen molar-refractivity contribution in [2.75, 3.05) is 21.0 Å². The van der Waals surface area contributed by atoms with E-state index >= 15 is 0 Å². The normalized spacial score (nSPS) is 7.84. The highest BCUT2D eigenvalue weighted by molar-refractivity contribution is 6.08. The van der Waals surface area contributed by atoms with Gasteiger partial charge in [-0.25, -0.2) is 0 Å². The second-order valence-electron chi connectivity index (χ2n) is 3.76. The van der Waals surface area contributed by atoms with Gasteiger partial charge in [-0.2, -0.15) is 0 Å². The molecule has 0 aromatic heterocycles. The minimum Gasteiger partial charge on any atom is -0.359 e. The topological polar surface area (TPSA) is 35.5 Å². The van der Waals surface area contributed by atoms with Crippen molar-refractivity contribution < 1.29 is 14.3 Å². The van der Waals surface area contributed by atoms with Gasteiger partial charge < -0.3 is 9.47 Å². The maximum atomic E-state index is 11.8. The van der Waals surface area contributed by atoms with E-state index in [-0.39, 0.29) is 5.78 Å². The molecule has 0 unspecified atom stereocenters. The molecule has 0 fully saturated rings. The van der Waals surface area contributed by atoms with Gasteiger partial charge >= 0.3 is 0 Å². The van der Waals surface area contributed by atoms with Crippen molar-refractivity contribution >= 4 is 5.78 Å². The van der Waals surface area contributed by atoms with E-state index in [0.29, 0.717) is 6.79 Å². The molecule has 25 heavy (non-hydrogen) atoms. The zero-order valence-electron chi connectivity index (χ0n) is 17.2. The van der Waals surface area contributed by atoms with Crippen molar-refractivity contribution in [3.63, 3.8) is 0 Å². The number of ether oxygens (including phenoxy) is 2. The van der Waals surface area contributed by atoms with Crippen LogP contribution in [0.3, 0.4) is 0 Å². The Hall–Kier alpha value is -1.97. The molecule has 142 valence electrons. The van der Waals surface area contributed by atoms with Crippen LogP contribution in [0.25, 0.3) is 0 Å². The minimum atomic E-state index is 0.0752. The number of ketones is 1. The Morgan fingerprint density at radius 2 is 0.920 bits per heavy atom. The highest BCUT2D eigenvalue weighted by atomic mass is 16.6. The molecule has 0 heterocycles. The molecule has 2 aromatic carbocycles. The van der Waals surface area contributed by atoms with E-state index in [1.807, 2.05) is 102 Å². The van der Waals surface area contributed by atoms with Crippen molar-refractivity contribution in [3.8, 4) is 0 Å². The second kappa shape index (κ2) is 24.3. The quantitative estimate of drug-likeness (QED) is 0.485. The summed E-state index contributed by atoms with van der Waals surface area (Å²) < 4.78 is 8.94. The molecule has 0 N–H and O–H groups in total. The average molecular weight is 349 g/mol. The summed E-state index contributed by atoms with van der Waals surface area (Å²) in [5.74, 6) is 0.0752. The lowest BCUT2D eigenvalue weighted by atomic mass is 10.0. The predicted octanol–water partition coefficient (Wildman–Crippen LogP) is 6.23. The Bertz CT molecular complexity index is 424. The first-order valence-corrected chi connectivity index (χ1v) is 8.92. The second-order valence-corrected chi connectivity index (χ2v) is 3.76. The SMILES string of the molecule is CC.CC.CC.COCOC.O=C(c1ccccc1)c1ccccc1. The molecule has 0 amide bonds. The van der Waals surface area contributed by atoms with E-state index in [1.165, 1.54) is 0 Å². The van der Waals surface area contributed by atoms with Crippen molar-refractivity contribution in [2.24, 2.45) is 0 Å². The van der Waals surface area contributed by atoms with Crippen LogP contribution in [0.1, 0.15) is 57.5 Å². The first-order chi connectivity index (χ1) is 12.3. The number of benzene rings is 2. The van der Waals surface area contributed by atoms with Gasteiger partial charge in [-0.3, -0.25) is 4.79 Å². The molecule has 0 saturated carbocycles. The van der Waals surface area contributed by atoms with Crippen molar-refractivity contribution in [2.45, 2.75) is 41.5 Å². The third-order valence-electron chi connectivity index (χ3n) is 2.31. The molecule has 0 spiro atoms. The summed E-state index contributed by atoms with van der Waals surface area (Å²) in [7, 11) is 3.17. The third-order valence-corrected chi connectivity index (χ3v) is 2.31. The molecule has 0 saturated heterocycles. The summed E-state index contributed by atoms with van der Waals surface area (Å²) in [6.45, 7) is 12.4. The summed E-state index contributed by atoms with van der Waals surface area (Å²) in [5, 5.41) is 0. The fraction of sp³-hybridized carbons (Fsp3) is 0.409. The Morgan fingerprint density at radius 1 is 0.640 bits per heavy atom. The fourth-order valence-electron chi connectivity index (χ4n) is 1.46. The van der Waals surface area contributed by atoms with Crippen LogP contribution in [-0.2, 0) is 9.47 Å². The molecule has 3 heteroatoms. The van der Waals surface area contributed by atoms with Crippen LogP contribution in [0.2, 0.25) is 0 Å². The lowest BCUT2D eigenvalue weighted by Gasteiger charge is -1.99. The highest BCUT2D eigenvalue weighted by Gasteiger charge is 2.06. The van der Waals surface area contributed by atoms with Crippen molar-refractivity contribution in [3.05, 3.63) is 71.8 Å². The van der Waals surface area contributed by atoms with E-state index in [9.17, 15) is 4.79 Å². The lowest BCUT2D eigenvalue weighted by Crippen LogP contribution is -1.99. The van der Waals surface area contributed by atoms with Gasteiger partial charge in [-0.15, -0.1) is 0 Å². The number of hydrogen-bond donors (Lipinski definition) is 0. The Balaban J connectivity index is -0.000000373. The van der Waals surface area contributed by atoms with Crippen LogP contribution in [0, 0.1) is 0 Å². The number of carbonyl (C=O) groups excluding carboxylic acids is 1. The van der Waals surface area contributed by atoms with Gasteiger partial charge in [0.15, 0.2) is 5.78 Å². The lowest BCUT2D eigenvalue weighted by molar-refractivity contribution is -0.00272. The van der Waals surface area contributed by atoms with E-state index in [2.05, 4.69) is 9.47 Å². The Labute approximate surface area is 155 Å². The molecule has 0 radical (unpaired) electrons. The molecule has 2 rings (SSSR count). The maximum Gasteiger partial charge on any atom is 0.193 e. The Morgan fingerprint density at radius 3 is 1.12 bits per heavy atom. The van der Waals surface area contributed by atoms with E-state index < -0.39 is 0 Å². The van der Waals surface area contributed by atoms with Crippen molar-refractivity contribution in [1.29, 1.82) is 0 Å². The molecular weight excluding hydrogens is 312 g/mol. The summed E-state index contributed by atoms with van der Waals surface area (Å²) in [6.07, 6.45) is 0. The van der Waals surface area contributed by atoms with E-state index in [1.54, 1.807) is 14.2 Å². The largest absolute Gasteiger partial charge is 0.359 e. The van der Waals surface area contributed by atoms with Gasteiger partial charge in [0.25, 0.3) is 0 Å². The zero-order valence-corrected chi connectivity index (χ0v) is 17.2. The summed E-state index contributed by atoms with van der Waals surface area (Å²) in [4.78, 5) is 11.8. The molecule has 0 aliphatic heterocycles. The van der Waals surface area contributed by atoms with Gasteiger partial charge in [0.2, 0.25) is 0 Å². The highest BCUT2D eigenvalue weighted by Crippen LogP contribution is 2.08. The molecule has 0 aliphatic carbocycles. The minimum absolute atomic E-state index is 0.0752. The molecular formula is C22H36O3. The van der Waals surface area contributed by atoms with Crippen LogP contribution in [0.4, 0.5) is 0 Å². The number of hydrogen-bond acceptors (Lipinski definition) is 3. The molecule has 3 nitrogen and oxygen atoms in total. The third kappa shape index (κ3) is 15.3. The fourth-order valence-corrected chi connectivity index (χ4v) is 1.46. The molecule has 0 aliphatic rings. The number of carbonyl (C=O) groups is 1. The summed E-state index contributed by atoms with van der Waals surface area (Å²) in [6, 6.07) is 18.6. The molecule has 2 aromatic rings.